The van der Waals surface area contributed by atoms with Gasteiger partial charge in [-0.3, -0.25) is 4.98 Å². The van der Waals surface area contributed by atoms with Gasteiger partial charge in [-0.15, -0.1) is 0 Å². The largest absolute Gasteiger partial charge is 0.256 e. The van der Waals surface area contributed by atoms with Crippen molar-refractivity contribution in [1.82, 2.24) is 4.98 Å². The Morgan fingerprint density at radius 1 is 1.20 bits per heavy atom. The lowest BCUT2D eigenvalue weighted by molar-refractivity contribution is 1.29. The van der Waals surface area contributed by atoms with Crippen molar-refractivity contribution in [2.75, 3.05) is 0 Å². The van der Waals surface area contributed by atoms with Gasteiger partial charge in [0.2, 0.25) is 0 Å². The van der Waals surface area contributed by atoms with Crippen molar-refractivity contribution in [3.05, 3.63) is 47.8 Å². The Morgan fingerprint density at radius 3 is 3.00 bits per heavy atom. The summed E-state index contributed by atoms with van der Waals surface area (Å²) in [5.41, 5.74) is 2.15. The molecule has 1 aromatic heterocycles. The minimum absolute atomic E-state index is 0.859. The van der Waals surface area contributed by atoms with Gasteiger partial charge in [-0.05, 0) is 11.5 Å². The minimum atomic E-state index is 0.859. The zero-order chi connectivity index (χ0) is 10.3. The summed E-state index contributed by atoms with van der Waals surface area (Å²) in [5, 5.41) is 2.38. The number of hydrogen-bond donors (Lipinski definition) is 0. The highest BCUT2D eigenvalue weighted by Gasteiger charge is 2.13. The lowest BCUT2D eigenvalue weighted by Crippen LogP contribution is -2.05. The molecule has 1 aromatic carbocycles. The van der Waals surface area contributed by atoms with E-state index in [1.807, 2.05) is 18.3 Å². The first-order chi connectivity index (χ1) is 7.36. The van der Waals surface area contributed by atoms with Gasteiger partial charge in [0.1, 0.15) is 0 Å². The molecule has 1 aliphatic rings. The highest BCUT2D eigenvalue weighted by molar-refractivity contribution is 7.80. The Hall–Kier alpha value is -1.54. The van der Waals surface area contributed by atoms with Gasteiger partial charge in [0.15, 0.2) is 0 Å². The number of aromatic nitrogens is 1. The quantitative estimate of drug-likeness (QED) is 0.620. The molecule has 0 aliphatic heterocycles. The second-order valence-corrected chi connectivity index (χ2v) is 4.13. The molecule has 1 nitrogen and oxygen atoms in total. The van der Waals surface area contributed by atoms with Crippen LogP contribution in [0.2, 0.25) is 0 Å². The molecule has 0 fully saturated rings. The number of nitrogens with zero attached hydrogens (tertiary/aromatic N) is 1. The van der Waals surface area contributed by atoms with Crippen LogP contribution < -0.4 is 0 Å². The van der Waals surface area contributed by atoms with Crippen LogP contribution >= 0.6 is 12.2 Å². The van der Waals surface area contributed by atoms with Crippen LogP contribution in [0.25, 0.3) is 16.8 Å². The second-order valence-electron chi connectivity index (χ2n) is 3.64. The van der Waals surface area contributed by atoms with Crippen LogP contribution in [-0.2, 0) is 0 Å². The molecule has 15 heavy (non-hydrogen) atoms. The molecule has 1 aliphatic carbocycles. The molecule has 72 valence electrons. The van der Waals surface area contributed by atoms with Gasteiger partial charge in [0.05, 0.1) is 5.69 Å². The summed E-state index contributed by atoms with van der Waals surface area (Å²) in [5.74, 6) is 0. The Morgan fingerprint density at radius 2 is 2.07 bits per heavy atom. The average molecular weight is 211 g/mol. The molecular formula is C13H9NS. The van der Waals surface area contributed by atoms with E-state index < -0.39 is 0 Å². The van der Waals surface area contributed by atoms with E-state index in [1.54, 1.807) is 0 Å². The molecule has 2 aromatic rings. The third-order valence-electron chi connectivity index (χ3n) is 2.69. The van der Waals surface area contributed by atoms with Crippen molar-refractivity contribution >= 4 is 33.9 Å². The fourth-order valence-corrected chi connectivity index (χ4v) is 2.29. The van der Waals surface area contributed by atoms with Gasteiger partial charge in [-0.1, -0.05) is 42.6 Å². The number of hydrogen-bond acceptors (Lipinski definition) is 2. The molecule has 0 saturated carbocycles. The lowest BCUT2D eigenvalue weighted by Gasteiger charge is -2.13. The van der Waals surface area contributed by atoms with Crippen molar-refractivity contribution in [3.8, 4) is 0 Å². The number of allylic oxidation sites excluding steroid dienone is 1. The summed E-state index contributed by atoms with van der Waals surface area (Å²) in [6, 6.07) is 8.26. The van der Waals surface area contributed by atoms with E-state index in [4.69, 9.17) is 12.2 Å². The Balaban J connectivity index is 2.47. The predicted molar refractivity (Wildman–Crippen MR) is 67.1 cm³/mol. The van der Waals surface area contributed by atoms with Crippen LogP contribution in [0.4, 0.5) is 0 Å². The molecule has 0 spiro atoms. The standard InChI is InChI=1S/C13H9NS/c15-12-7-3-6-11-13(12)10-5-2-1-4-9(10)8-14-11/h1-6,8H,7H2. The summed E-state index contributed by atoms with van der Waals surface area (Å²) in [6.45, 7) is 0. The van der Waals surface area contributed by atoms with E-state index >= 15 is 0 Å². The summed E-state index contributed by atoms with van der Waals surface area (Å²) in [7, 11) is 0. The molecule has 0 atom stereocenters. The maximum absolute atomic E-state index is 5.40. The smallest absolute Gasteiger partial charge is 0.0716 e. The number of thiocarbonyl (C=S) groups is 1. The topological polar surface area (TPSA) is 12.9 Å². The normalized spacial score (nSPS) is 14.3. The molecular weight excluding hydrogens is 202 g/mol. The van der Waals surface area contributed by atoms with Crippen LogP contribution in [-0.4, -0.2) is 9.85 Å². The molecule has 2 heteroatoms. The molecule has 0 bridgehead atoms. The fourth-order valence-electron chi connectivity index (χ4n) is 1.98. The predicted octanol–water partition coefficient (Wildman–Crippen LogP) is 3.37. The van der Waals surface area contributed by atoms with E-state index in [2.05, 4.69) is 29.3 Å². The van der Waals surface area contributed by atoms with Gasteiger partial charge in [-0.2, -0.15) is 0 Å². The molecule has 3 rings (SSSR count). The van der Waals surface area contributed by atoms with Gasteiger partial charge >= 0.3 is 0 Å². The monoisotopic (exact) mass is 211 g/mol. The summed E-state index contributed by atoms with van der Waals surface area (Å²) in [6.07, 6.45) is 6.90. The number of rotatable bonds is 0. The van der Waals surface area contributed by atoms with E-state index in [1.165, 1.54) is 5.39 Å². The first kappa shape index (κ1) is 8.74. The number of benzene rings is 1. The Labute approximate surface area is 93.5 Å². The van der Waals surface area contributed by atoms with E-state index in [0.29, 0.717) is 0 Å². The third kappa shape index (κ3) is 1.29. The molecule has 0 amide bonds. The maximum atomic E-state index is 5.40. The average Bonchev–Trinajstić information content (AvgIpc) is 2.29. The van der Waals surface area contributed by atoms with E-state index in [-0.39, 0.29) is 0 Å². The number of pyridine rings is 1. The van der Waals surface area contributed by atoms with Gasteiger partial charge in [-0.25, -0.2) is 0 Å². The van der Waals surface area contributed by atoms with Crippen LogP contribution in [0.5, 0.6) is 0 Å². The Bertz CT molecular complexity index is 584. The highest BCUT2D eigenvalue weighted by Crippen LogP contribution is 2.26. The summed E-state index contributed by atoms with van der Waals surface area (Å²) >= 11 is 5.40. The maximum Gasteiger partial charge on any atom is 0.0716 e. The van der Waals surface area contributed by atoms with Crippen LogP contribution in [0.1, 0.15) is 17.7 Å². The van der Waals surface area contributed by atoms with Crippen molar-refractivity contribution in [1.29, 1.82) is 0 Å². The van der Waals surface area contributed by atoms with Crippen molar-refractivity contribution in [2.45, 2.75) is 6.42 Å². The van der Waals surface area contributed by atoms with Crippen LogP contribution in [0.15, 0.2) is 36.5 Å². The summed E-state index contributed by atoms with van der Waals surface area (Å²) in [4.78, 5) is 5.42. The second kappa shape index (κ2) is 3.24. The number of fused-ring (bicyclic) bond motifs is 3. The van der Waals surface area contributed by atoms with Gasteiger partial charge in [0, 0.05) is 28.4 Å². The summed E-state index contributed by atoms with van der Waals surface area (Å²) < 4.78 is 0. The highest BCUT2D eigenvalue weighted by atomic mass is 32.1. The molecule has 0 saturated heterocycles. The van der Waals surface area contributed by atoms with Crippen LogP contribution in [0.3, 0.4) is 0 Å². The van der Waals surface area contributed by atoms with Crippen molar-refractivity contribution < 1.29 is 0 Å². The van der Waals surface area contributed by atoms with Crippen LogP contribution in [0, 0.1) is 0 Å². The first-order valence-electron chi connectivity index (χ1n) is 4.94. The Kier molecular flexibility index (Phi) is 1.89. The lowest BCUT2D eigenvalue weighted by atomic mass is 9.96. The van der Waals surface area contributed by atoms with Crippen molar-refractivity contribution in [3.63, 3.8) is 0 Å². The molecule has 0 radical (unpaired) electrons. The van der Waals surface area contributed by atoms with Gasteiger partial charge in [0.25, 0.3) is 0 Å². The van der Waals surface area contributed by atoms with Crippen molar-refractivity contribution in [2.24, 2.45) is 0 Å². The minimum Gasteiger partial charge on any atom is -0.256 e. The van der Waals surface area contributed by atoms with E-state index in [9.17, 15) is 0 Å². The molecule has 1 heterocycles. The van der Waals surface area contributed by atoms with E-state index in [0.717, 1.165) is 27.9 Å². The first-order valence-corrected chi connectivity index (χ1v) is 5.34. The fraction of sp³-hybridized carbons (Fsp3) is 0.0769. The zero-order valence-electron chi connectivity index (χ0n) is 8.10. The third-order valence-corrected chi connectivity index (χ3v) is 3.06. The van der Waals surface area contributed by atoms with Gasteiger partial charge < -0.3 is 0 Å². The SMILES string of the molecule is S=C1CC=Cc2ncc3ccccc3c21. The molecule has 0 unspecified atom stereocenters. The zero-order valence-corrected chi connectivity index (χ0v) is 8.92. The molecule has 0 N–H and O–H groups in total.